The number of nitriles is 1. The molecule has 0 spiro atoms. The van der Waals surface area contributed by atoms with Gasteiger partial charge in [0, 0.05) is 23.1 Å². The molecular formula is C30H26F3NO. The van der Waals surface area contributed by atoms with Crippen LogP contribution in [-0.2, 0) is 25.7 Å². The molecule has 4 aromatic carbocycles. The molecule has 0 atom stereocenters. The predicted octanol–water partition coefficient (Wildman–Crippen LogP) is 7.49. The highest BCUT2D eigenvalue weighted by Gasteiger charge is 2.13. The smallest absolute Gasteiger partial charge is 0.134 e. The summed E-state index contributed by atoms with van der Waals surface area (Å²) in [5.41, 5.74) is 3.18. The topological polar surface area (TPSA) is 33.0 Å². The summed E-state index contributed by atoms with van der Waals surface area (Å²) in [7, 11) is 0. The Morgan fingerprint density at radius 1 is 0.771 bits per heavy atom. The van der Waals surface area contributed by atoms with E-state index in [2.05, 4.69) is 6.07 Å². The van der Waals surface area contributed by atoms with Gasteiger partial charge in [-0.1, -0.05) is 49.4 Å². The number of rotatable bonds is 9. The molecule has 4 aromatic rings. The van der Waals surface area contributed by atoms with Gasteiger partial charge in [0.2, 0.25) is 0 Å². The molecule has 0 amide bonds. The van der Waals surface area contributed by atoms with Crippen molar-refractivity contribution >= 4 is 10.8 Å². The van der Waals surface area contributed by atoms with E-state index in [4.69, 9.17) is 10.00 Å². The molecule has 0 fully saturated rings. The molecule has 178 valence electrons. The Morgan fingerprint density at radius 2 is 1.46 bits per heavy atom. The summed E-state index contributed by atoms with van der Waals surface area (Å²) >= 11 is 0. The molecule has 0 saturated heterocycles. The number of fused-ring (bicyclic) bond motifs is 1. The van der Waals surface area contributed by atoms with E-state index in [0.29, 0.717) is 42.4 Å². The number of hydrogen-bond acceptors (Lipinski definition) is 2. The molecule has 4 rings (SSSR count). The molecule has 0 saturated carbocycles. The maximum Gasteiger partial charge on any atom is 0.134 e. The molecule has 0 bridgehead atoms. The van der Waals surface area contributed by atoms with Crippen LogP contribution in [0.15, 0.2) is 66.7 Å². The van der Waals surface area contributed by atoms with Crippen molar-refractivity contribution in [1.82, 2.24) is 0 Å². The molecular weight excluding hydrogens is 447 g/mol. The molecule has 0 heterocycles. The number of aryl methyl sites for hydroxylation is 3. The van der Waals surface area contributed by atoms with Crippen molar-refractivity contribution in [2.75, 3.05) is 6.61 Å². The van der Waals surface area contributed by atoms with Crippen LogP contribution in [0, 0.1) is 28.8 Å². The van der Waals surface area contributed by atoms with Crippen LogP contribution in [0.2, 0.25) is 0 Å². The molecule has 0 unspecified atom stereocenters. The number of hydrogen-bond donors (Lipinski definition) is 0. The summed E-state index contributed by atoms with van der Waals surface area (Å²) in [5, 5.41) is 10.2. The van der Waals surface area contributed by atoms with Crippen LogP contribution >= 0.6 is 0 Å². The van der Waals surface area contributed by atoms with Crippen LogP contribution in [0.4, 0.5) is 13.2 Å². The fourth-order valence-corrected chi connectivity index (χ4v) is 4.15. The van der Waals surface area contributed by atoms with Gasteiger partial charge in [-0.25, -0.2) is 13.2 Å². The van der Waals surface area contributed by atoms with Gasteiger partial charge in [0.1, 0.15) is 23.2 Å². The molecule has 35 heavy (non-hydrogen) atoms. The van der Waals surface area contributed by atoms with Crippen LogP contribution in [0.3, 0.4) is 0 Å². The Bertz CT molecular complexity index is 1350. The molecule has 0 aliphatic heterocycles. The minimum Gasteiger partial charge on any atom is -0.493 e. The first-order valence-electron chi connectivity index (χ1n) is 11.8. The maximum absolute atomic E-state index is 15.2. The first kappa shape index (κ1) is 24.3. The van der Waals surface area contributed by atoms with E-state index in [-0.39, 0.29) is 23.6 Å². The maximum atomic E-state index is 15.2. The van der Waals surface area contributed by atoms with Crippen molar-refractivity contribution in [3.05, 3.63) is 112 Å². The normalized spacial score (nSPS) is 10.9. The second-order valence-electron chi connectivity index (χ2n) is 8.62. The summed E-state index contributed by atoms with van der Waals surface area (Å²) in [5.74, 6) is -1.28. The van der Waals surface area contributed by atoms with Gasteiger partial charge in [-0.05, 0) is 66.3 Å². The number of ether oxygens (including phenoxy) is 1. The monoisotopic (exact) mass is 473 g/mol. The number of nitrogens with zero attached hydrogens (tertiary/aromatic N) is 1. The van der Waals surface area contributed by atoms with E-state index in [9.17, 15) is 8.78 Å². The average molecular weight is 474 g/mol. The summed E-state index contributed by atoms with van der Waals surface area (Å²) < 4.78 is 49.4. The lowest BCUT2D eigenvalue weighted by atomic mass is 9.97. The Labute approximate surface area is 203 Å². The molecule has 0 aromatic heterocycles. The highest BCUT2D eigenvalue weighted by Crippen LogP contribution is 2.26. The lowest BCUT2D eigenvalue weighted by Gasteiger charge is -2.11. The first-order valence-corrected chi connectivity index (χ1v) is 11.8. The summed E-state index contributed by atoms with van der Waals surface area (Å²) in [4.78, 5) is 0. The molecule has 0 N–H and O–H groups in total. The van der Waals surface area contributed by atoms with Gasteiger partial charge in [0.25, 0.3) is 0 Å². The van der Waals surface area contributed by atoms with Crippen molar-refractivity contribution in [2.45, 2.75) is 39.0 Å². The third-order valence-electron chi connectivity index (χ3n) is 6.12. The fourth-order valence-electron chi connectivity index (χ4n) is 4.15. The van der Waals surface area contributed by atoms with E-state index >= 15 is 4.39 Å². The van der Waals surface area contributed by atoms with Crippen LogP contribution in [-0.4, -0.2) is 6.61 Å². The SMILES string of the molecule is CCCOc1cc(F)c(CCc2ccc3c(F)c(CCc4ccc(C#N)cc4)ccc3c2)c(F)c1. The molecule has 0 aliphatic carbocycles. The average Bonchev–Trinajstić information content (AvgIpc) is 2.87. The standard InChI is InChI=1S/C30H26F3NO/c1-2-15-35-25-17-28(31)27(29(32)18-25)14-9-21-8-13-26-24(16-21)12-11-23(30(26)33)10-7-20-3-5-22(19-34)6-4-20/h3-6,8,11-13,16-18H,2,7,9-10,14-15H2,1H3. The van der Waals surface area contributed by atoms with Gasteiger partial charge in [-0.15, -0.1) is 0 Å². The van der Waals surface area contributed by atoms with E-state index in [0.717, 1.165) is 22.9 Å². The summed E-state index contributed by atoms with van der Waals surface area (Å²) in [6, 6.07) is 20.9. The third kappa shape index (κ3) is 5.84. The Balaban J connectivity index is 1.45. The third-order valence-corrected chi connectivity index (χ3v) is 6.12. The van der Waals surface area contributed by atoms with Crippen molar-refractivity contribution in [3.63, 3.8) is 0 Å². The Morgan fingerprint density at radius 3 is 2.14 bits per heavy atom. The molecule has 2 nitrogen and oxygen atoms in total. The van der Waals surface area contributed by atoms with Crippen molar-refractivity contribution in [2.24, 2.45) is 0 Å². The number of halogens is 3. The van der Waals surface area contributed by atoms with Crippen LogP contribution in [0.1, 0.15) is 41.2 Å². The summed E-state index contributed by atoms with van der Waals surface area (Å²) in [6.45, 7) is 2.33. The van der Waals surface area contributed by atoms with Gasteiger partial charge in [0.05, 0.1) is 18.2 Å². The predicted molar refractivity (Wildman–Crippen MR) is 132 cm³/mol. The van der Waals surface area contributed by atoms with Crippen LogP contribution in [0.5, 0.6) is 5.75 Å². The number of benzene rings is 4. The second kappa shape index (κ2) is 11.1. The molecule has 0 aliphatic rings. The van der Waals surface area contributed by atoms with Gasteiger partial charge < -0.3 is 4.74 Å². The highest BCUT2D eigenvalue weighted by molar-refractivity contribution is 5.84. The minimum absolute atomic E-state index is 0.0262. The molecule has 0 radical (unpaired) electrons. The zero-order valence-corrected chi connectivity index (χ0v) is 19.6. The zero-order valence-electron chi connectivity index (χ0n) is 19.6. The lowest BCUT2D eigenvalue weighted by molar-refractivity contribution is 0.313. The van der Waals surface area contributed by atoms with Crippen LogP contribution in [0.25, 0.3) is 10.8 Å². The zero-order chi connectivity index (χ0) is 24.8. The van der Waals surface area contributed by atoms with Gasteiger partial charge in [0.15, 0.2) is 0 Å². The van der Waals surface area contributed by atoms with Gasteiger partial charge >= 0.3 is 0 Å². The Kier molecular flexibility index (Phi) is 7.72. The van der Waals surface area contributed by atoms with Crippen molar-refractivity contribution in [3.8, 4) is 11.8 Å². The second-order valence-corrected chi connectivity index (χ2v) is 8.62. The van der Waals surface area contributed by atoms with Gasteiger partial charge in [-0.2, -0.15) is 5.26 Å². The van der Waals surface area contributed by atoms with E-state index in [1.54, 1.807) is 24.3 Å². The van der Waals surface area contributed by atoms with Crippen molar-refractivity contribution < 1.29 is 17.9 Å². The van der Waals surface area contributed by atoms with Gasteiger partial charge in [-0.3, -0.25) is 0 Å². The lowest BCUT2D eigenvalue weighted by Crippen LogP contribution is -2.02. The highest BCUT2D eigenvalue weighted by atomic mass is 19.1. The quantitative estimate of drug-likeness (QED) is 0.252. The summed E-state index contributed by atoms with van der Waals surface area (Å²) in [6.07, 6.45) is 2.60. The van der Waals surface area contributed by atoms with Crippen molar-refractivity contribution in [1.29, 1.82) is 5.26 Å². The first-order chi connectivity index (χ1) is 17.0. The largest absolute Gasteiger partial charge is 0.493 e. The van der Waals surface area contributed by atoms with Crippen LogP contribution < -0.4 is 4.74 Å². The van der Waals surface area contributed by atoms with E-state index in [1.165, 1.54) is 12.1 Å². The van der Waals surface area contributed by atoms with E-state index < -0.39 is 11.6 Å². The molecule has 5 heteroatoms. The Hall–Kier alpha value is -3.78. The minimum atomic E-state index is -0.616. The fraction of sp³-hybridized carbons (Fsp3) is 0.233. The van der Waals surface area contributed by atoms with E-state index in [1.807, 2.05) is 37.3 Å².